The highest BCUT2D eigenvalue weighted by Gasteiger charge is 2.12. The lowest BCUT2D eigenvalue weighted by molar-refractivity contribution is 0.140. The highest BCUT2D eigenvalue weighted by atomic mass is 16.5. The van der Waals surface area contributed by atoms with Crippen LogP contribution in [0.3, 0.4) is 0 Å². The van der Waals surface area contributed by atoms with Gasteiger partial charge in [-0.15, -0.1) is 0 Å². The summed E-state index contributed by atoms with van der Waals surface area (Å²) < 4.78 is 7.42. The van der Waals surface area contributed by atoms with Crippen molar-refractivity contribution < 1.29 is 4.74 Å². The van der Waals surface area contributed by atoms with E-state index in [9.17, 15) is 0 Å². The number of ether oxygens (including phenoxy) is 1. The van der Waals surface area contributed by atoms with Gasteiger partial charge in [0, 0.05) is 32.2 Å². The van der Waals surface area contributed by atoms with Crippen molar-refractivity contribution in [1.29, 1.82) is 0 Å². The van der Waals surface area contributed by atoms with Gasteiger partial charge in [-0.25, -0.2) is 4.98 Å². The Morgan fingerprint density at radius 2 is 2.21 bits per heavy atom. The minimum Gasteiger partial charge on any atom is -0.382 e. The number of aromatic nitrogens is 3. The standard InChI is InChI=1S/C14H28N4O/c1-4-9-18-14(16-12-17-18)11-13(15-5-2)8-7-10-19-6-3/h12-13,15H,4-11H2,1-3H3. The largest absolute Gasteiger partial charge is 0.382 e. The average Bonchev–Trinajstić information content (AvgIpc) is 2.83. The molecule has 0 fully saturated rings. The molecule has 0 aliphatic heterocycles. The smallest absolute Gasteiger partial charge is 0.138 e. The lowest BCUT2D eigenvalue weighted by Crippen LogP contribution is -2.32. The van der Waals surface area contributed by atoms with Crippen molar-refractivity contribution in [3.63, 3.8) is 0 Å². The molecular weight excluding hydrogens is 240 g/mol. The highest BCUT2D eigenvalue weighted by molar-refractivity contribution is 4.89. The number of hydrogen-bond acceptors (Lipinski definition) is 4. The van der Waals surface area contributed by atoms with Crippen molar-refractivity contribution in [2.24, 2.45) is 0 Å². The van der Waals surface area contributed by atoms with E-state index in [1.165, 1.54) is 0 Å². The zero-order valence-electron chi connectivity index (χ0n) is 12.6. The Morgan fingerprint density at radius 1 is 1.37 bits per heavy atom. The SMILES string of the molecule is CCCn1ncnc1CC(CCCOCC)NCC. The van der Waals surface area contributed by atoms with Crippen molar-refractivity contribution in [2.45, 2.75) is 59.0 Å². The van der Waals surface area contributed by atoms with Gasteiger partial charge < -0.3 is 10.1 Å². The van der Waals surface area contributed by atoms with E-state index in [0.29, 0.717) is 6.04 Å². The summed E-state index contributed by atoms with van der Waals surface area (Å²) in [5.41, 5.74) is 0. The molecule has 5 nitrogen and oxygen atoms in total. The predicted octanol–water partition coefficient (Wildman–Crippen LogP) is 2.03. The second kappa shape index (κ2) is 9.92. The fourth-order valence-electron chi connectivity index (χ4n) is 2.21. The van der Waals surface area contributed by atoms with Gasteiger partial charge in [0.1, 0.15) is 12.2 Å². The van der Waals surface area contributed by atoms with Gasteiger partial charge in [0.2, 0.25) is 0 Å². The summed E-state index contributed by atoms with van der Waals surface area (Å²) in [6.45, 7) is 9.93. The number of likely N-dealkylation sites (N-methyl/N-ethyl adjacent to an activating group) is 1. The van der Waals surface area contributed by atoms with Crippen LogP contribution >= 0.6 is 0 Å². The highest BCUT2D eigenvalue weighted by Crippen LogP contribution is 2.06. The molecule has 1 heterocycles. The molecule has 19 heavy (non-hydrogen) atoms. The Bertz CT molecular complexity index is 327. The van der Waals surface area contributed by atoms with E-state index in [4.69, 9.17) is 4.74 Å². The molecule has 0 spiro atoms. The van der Waals surface area contributed by atoms with E-state index < -0.39 is 0 Å². The van der Waals surface area contributed by atoms with Gasteiger partial charge in [-0.2, -0.15) is 5.10 Å². The summed E-state index contributed by atoms with van der Waals surface area (Å²) in [6, 6.07) is 0.463. The summed E-state index contributed by atoms with van der Waals surface area (Å²) in [5, 5.41) is 7.81. The van der Waals surface area contributed by atoms with Crippen LogP contribution in [0.2, 0.25) is 0 Å². The molecular formula is C14H28N4O. The third-order valence-corrected chi connectivity index (χ3v) is 3.10. The Morgan fingerprint density at radius 3 is 2.89 bits per heavy atom. The van der Waals surface area contributed by atoms with Gasteiger partial charge in [0.05, 0.1) is 0 Å². The maximum atomic E-state index is 5.40. The molecule has 0 saturated heterocycles. The fraction of sp³-hybridized carbons (Fsp3) is 0.857. The zero-order valence-corrected chi connectivity index (χ0v) is 12.6. The van der Waals surface area contributed by atoms with Crippen LogP contribution in [-0.2, 0) is 17.7 Å². The monoisotopic (exact) mass is 268 g/mol. The quantitative estimate of drug-likeness (QED) is 0.624. The van der Waals surface area contributed by atoms with Crippen LogP contribution in [0.1, 0.15) is 45.9 Å². The van der Waals surface area contributed by atoms with Crippen molar-refractivity contribution in [3.8, 4) is 0 Å². The van der Waals surface area contributed by atoms with Gasteiger partial charge in [0.15, 0.2) is 0 Å². The molecule has 1 unspecified atom stereocenters. The zero-order chi connectivity index (χ0) is 13.9. The van der Waals surface area contributed by atoms with Crippen molar-refractivity contribution in [1.82, 2.24) is 20.1 Å². The number of aryl methyl sites for hydroxylation is 1. The summed E-state index contributed by atoms with van der Waals surface area (Å²) in [7, 11) is 0. The Balaban J connectivity index is 2.44. The van der Waals surface area contributed by atoms with Crippen LogP contribution in [0.15, 0.2) is 6.33 Å². The van der Waals surface area contributed by atoms with Crippen LogP contribution < -0.4 is 5.32 Å². The molecule has 1 rings (SSSR count). The van der Waals surface area contributed by atoms with Crippen LogP contribution in [0.5, 0.6) is 0 Å². The van der Waals surface area contributed by atoms with Gasteiger partial charge in [0.25, 0.3) is 0 Å². The first-order valence-corrected chi connectivity index (χ1v) is 7.49. The second-order valence-electron chi connectivity index (χ2n) is 4.70. The van der Waals surface area contributed by atoms with E-state index >= 15 is 0 Å². The van der Waals surface area contributed by atoms with Crippen molar-refractivity contribution in [3.05, 3.63) is 12.2 Å². The molecule has 1 atom stereocenters. The van der Waals surface area contributed by atoms with Crippen LogP contribution in [0.25, 0.3) is 0 Å². The minimum atomic E-state index is 0.463. The van der Waals surface area contributed by atoms with Crippen molar-refractivity contribution in [2.75, 3.05) is 19.8 Å². The van der Waals surface area contributed by atoms with Gasteiger partial charge in [-0.05, 0) is 32.7 Å². The Hall–Kier alpha value is -0.940. The lowest BCUT2D eigenvalue weighted by Gasteiger charge is -2.17. The first kappa shape index (κ1) is 16.1. The van der Waals surface area contributed by atoms with E-state index in [2.05, 4.69) is 29.2 Å². The molecule has 1 aromatic heterocycles. The molecule has 0 aliphatic rings. The average molecular weight is 268 g/mol. The molecule has 0 bridgehead atoms. The first-order valence-electron chi connectivity index (χ1n) is 7.49. The topological polar surface area (TPSA) is 52.0 Å². The molecule has 0 amide bonds. The molecule has 0 saturated carbocycles. The molecule has 1 N–H and O–H groups in total. The fourth-order valence-corrected chi connectivity index (χ4v) is 2.21. The van der Waals surface area contributed by atoms with Crippen LogP contribution in [-0.4, -0.2) is 40.6 Å². The number of hydrogen-bond donors (Lipinski definition) is 1. The predicted molar refractivity (Wildman–Crippen MR) is 77.2 cm³/mol. The molecule has 0 radical (unpaired) electrons. The van der Waals surface area contributed by atoms with Gasteiger partial charge >= 0.3 is 0 Å². The van der Waals surface area contributed by atoms with Gasteiger partial charge in [-0.1, -0.05) is 13.8 Å². The Labute approximate surface area is 116 Å². The number of rotatable bonds is 11. The van der Waals surface area contributed by atoms with Crippen molar-refractivity contribution >= 4 is 0 Å². The van der Waals surface area contributed by atoms with Crippen LogP contribution in [0, 0.1) is 0 Å². The summed E-state index contributed by atoms with van der Waals surface area (Å²) >= 11 is 0. The summed E-state index contributed by atoms with van der Waals surface area (Å²) in [4.78, 5) is 4.38. The maximum Gasteiger partial charge on any atom is 0.138 e. The second-order valence-corrected chi connectivity index (χ2v) is 4.70. The molecule has 5 heteroatoms. The maximum absolute atomic E-state index is 5.40. The lowest BCUT2D eigenvalue weighted by atomic mass is 10.1. The van der Waals surface area contributed by atoms with Crippen LogP contribution in [0.4, 0.5) is 0 Å². The third kappa shape index (κ3) is 6.16. The third-order valence-electron chi connectivity index (χ3n) is 3.10. The summed E-state index contributed by atoms with van der Waals surface area (Å²) in [5.74, 6) is 1.09. The van der Waals surface area contributed by atoms with Gasteiger partial charge in [-0.3, -0.25) is 4.68 Å². The van der Waals surface area contributed by atoms with E-state index in [-0.39, 0.29) is 0 Å². The molecule has 0 aliphatic carbocycles. The van der Waals surface area contributed by atoms with E-state index in [1.807, 2.05) is 11.6 Å². The first-order chi connectivity index (χ1) is 9.31. The van der Waals surface area contributed by atoms with E-state index in [1.54, 1.807) is 6.33 Å². The number of nitrogens with one attached hydrogen (secondary N) is 1. The van der Waals surface area contributed by atoms with E-state index in [0.717, 1.165) is 57.8 Å². The normalized spacial score (nSPS) is 12.8. The minimum absolute atomic E-state index is 0.463. The number of nitrogens with zero attached hydrogens (tertiary/aromatic N) is 3. The molecule has 0 aromatic carbocycles. The Kier molecular flexibility index (Phi) is 8.41. The molecule has 1 aromatic rings. The molecule has 110 valence electrons. The summed E-state index contributed by atoms with van der Waals surface area (Å²) in [6.07, 6.45) is 5.90.